The number of benzene rings is 1. The van der Waals surface area contributed by atoms with Gasteiger partial charge in [0.05, 0.1) is 13.2 Å². The van der Waals surface area contributed by atoms with Gasteiger partial charge in [0.2, 0.25) is 11.7 Å². The predicted molar refractivity (Wildman–Crippen MR) is 154 cm³/mol. The van der Waals surface area contributed by atoms with Gasteiger partial charge in [0, 0.05) is 36.6 Å². The standard InChI is InChI=1S/C31H51NO6Si/c1-23-15-16-25(20-27(33)32-19-11-14-24-12-9-8-10-13-24)31(36-28(37-38-31)39(5,6)7)26(23)17-18-30(4)34-21-29(2,3)22-35-30/h8-10,12-13,23,25-26,28H,11,14-22H2,1-7H3,(H,32,33)/t23-,25+,26+,28?,31?/m1/s1. The second kappa shape index (κ2) is 12.3. The van der Waals surface area contributed by atoms with Gasteiger partial charge in [0.1, 0.15) is 8.07 Å². The summed E-state index contributed by atoms with van der Waals surface area (Å²) in [5.41, 5.74) is 1.31. The monoisotopic (exact) mass is 561 g/mol. The van der Waals surface area contributed by atoms with E-state index in [-0.39, 0.29) is 29.1 Å². The van der Waals surface area contributed by atoms with Gasteiger partial charge in [-0.15, -0.1) is 0 Å². The molecule has 0 radical (unpaired) electrons. The lowest BCUT2D eigenvalue weighted by molar-refractivity contribution is -0.370. The number of ether oxygens (including phenoxy) is 3. The van der Waals surface area contributed by atoms with Gasteiger partial charge in [-0.2, -0.15) is 4.89 Å². The van der Waals surface area contributed by atoms with Gasteiger partial charge in [-0.25, -0.2) is 4.89 Å². The van der Waals surface area contributed by atoms with Crippen molar-refractivity contribution in [2.75, 3.05) is 19.8 Å². The summed E-state index contributed by atoms with van der Waals surface area (Å²) in [4.78, 5) is 25.3. The number of hydrogen-bond donors (Lipinski definition) is 1. The van der Waals surface area contributed by atoms with Gasteiger partial charge >= 0.3 is 0 Å². The Morgan fingerprint density at radius 2 is 1.74 bits per heavy atom. The molecule has 3 aliphatic rings. The molecule has 1 aliphatic carbocycles. The number of hydrogen-bond acceptors (Lipinski definition) is 6. The summed E-state index contributed by atoms with van der Waals surface area (Å²) < 4.78 is 19.2. The average molecular weight is 562 g/mol. The molecule has 2 unspecified atom stereocenters. The normalized spacial score (nSPS) is 32.3. The fraction of sp³-hybridized carbons (Fsp3) is 0.774. The van der Waals surface area contributed by atoms with Gasteiger partial charge in [-0.1, -0.05) is 70.7 Å². The predicted octanol–water partition coefficient (Wildman–Crippen LogP) is 6.24. The van der Waals surface area contributed by atoms with Crippen molar-refractivity contribution >= 4 is 14.0 Å². The second-order valence-electron chi connectivity index (χ2n) is 14.1. The van der Waals surface area contributed by atoms with Crippen LogP contribution in [0.2, 0.25) is 19.6 Å². The van der Waals surface area contributed by atoms with Crippen LogP contribution in [0.1, 0.15) is 71.8 Å². The Balaban J connectivity index is 1.42. The maximum atomic E-state index is 13.2. The molecule has 1 N–H and O–H groups in total. The zero-order valence-corrected chi connectivity index (χ0v) is 26.2. The molecule has 1 aromatic carbocycles. The van der Waals surface area contributed by atoms with Crippen molar-refractivity contribution in [3.8, 4) is 0 Å². The number of carbonyl (C=O) groups is 1. The van der Waals surface area contributed by atoms with Crippen molar-refractivity contribution in [1.29, 1.82) is 0 Å². The molecule has 2 saturated heterocycles. The Kier molecular flexibility index (Phi) is 9.66. The van der Waals surface area contributed by atoms with Crippen molar-refractivity contribution in [2.45, 2.75) is 110 Å². The van der Waals surface area contributed by atoms with Crippen molar-refractivity contribution < 1.29 is 28.8 Å². The molecule has 39 heavy (non-hydrogen) atoms. The van der Waals surface area contributed by atoms with E-state index in [0.717, 1.165) is 38.5 Å². The highest BCUT2D eigenvalue weighted by atomic mass is 28.3. The highest BCUT2D eigenvalue weighted by Gasteiger charge is 2.60. The molecule has 1 spiro atoms. The molecule has 2 heterocycles. The van der Waals surface area contributed by atoms with Crippen LogP contribution in [0.5, 0.6) is 0 Å². The van der Waals surface area contributed by atoms with E-state index in [1.54, 1.807) is 0 Å². The minimum Gasteiger partial charge on any atom is -0.356 e. The van der Waals surface area contributed by atoms with Crippen molar-refractivity contribution in [2.24, 2.45) is 23.2 Å². The van der Waals surface area contributed by atoms with Crippen LogP contribution in [0, 0.1) is 23.2 Å². The van der Waals surface area contributed by atoms with Crippen LogP contribution in [0.25, 0.3) is 0 Å². The first kappa shape index (κ1) is 30.7. The molecular weight excluding hydrogens is 510 g/mol. The van der Waals surface area contributed by atoms with Crippen LogP contribution in [-0.2, 0) is 35.2 Å². The van der Waals surface area contributed by atoms with E-state index in [4.69, 9.17) is 24.0 Å². The highest BCUT2D eigenvalue weighted by molar-refractivity contribution is 6.77. The number of aryl methyl sites for hydroxylation is 1. The fourth-order valence-corrected chi connectivity index (χ4v) is 6.93. The number of rotatable bonds is 10. The van der Waals surface area contributed by atoms with Crippen LogP contribution >= 0.6 is 0 Å². The SMILES string of the molecule is C[C@@H]1CC[C@@H](CC(=O)NCCCc2ccccc2)C2(OOC([Si](C)(C)C)O2)[C@H]1CCC1(C)OCC(C)(C)CO1. The molecule has 1 aromatic rings. The number of amides is 1. The first-order valence-electron chi connectivity index (χ1n) is 14.9. The van der Waals surface area contributed by atoms with Crippen LogP contribution in [0.4, 0.5) is 0 Å². The molecule has 0 aromatic heterocycles. The van der Waals surface area contributed by atoms with E-state index in [9.17, 15) is 4.79 Å². The summed E-state index contributed by atoms with van der Waals surface area (Å²) in [5, 5.41) is 3.15. The van der Waals surface area contributed by atoms with E-state index < -0.39 is 19.6 Å². The number of nitrogens with one attached hydrogen (secondary N) is 1. The first-order chi connectivity index (χ1) is 18.3. The van der Waals surface area contributed by atoms with Crippen LogP contribution < -0.4 is 5.32 Å². The third-order valence-electron chi connectivity index (χ3n) is 8.69. The van der Waals surface area contributed by atoms with E-state index in [1.807, 2.05) is 13.0 Å². The number of carbonyl (C=O) groups excluding carboxylic acids is 1. The summed E-state index contributed by atoms with van der Waals surface area (Å²) >= 11 is 0. The Labute approximate surface area is 236 Å². The average Bonchev–Trinajstić information content (AvgIpc) is 3.33. The minimum absolute atomic E-state index is 0.0223. The molecule has 5 atom stereocenters. The lowest BCUT2D eigenvalue weighted by atomic mass is 9.67. The molecule has 220 valence electrons. The maximum absolute atomic E-state index is 13.2. The molecule has 1 saturated carbocycles. The molecule has 7 nitrogen and oxygen atoms in total. The molecule has 3 fully saturated rings. The molecule has 2 aliphatic heterocycles. The van der Waals surface area contributed by atoms with Gasteiger partial charge in [0.25, 0.3) is 0 Å². The molecule has 1 amide bonds. The lowest BCUT2D eigenvalue weighted by Gasteiger charge is -2.48. The molecule has 4 rings (SSSR count). The Hall–Kier alpha value is -1.29. The lowest BCUT2D eigenvalue weighted by Crippen LogP contribution is -2.55. The van der Waals surface area contributed by atoms with Crippen LogP contribution in [0.15, 0.2) is 30.3 Å². The second-order valence-corrected chi connectivity index (χ2v) is 19.3. The third-order valence-corrected chi connectivity index (χ3v) is 10.3. The maximum Gasteiger partial charge on any atom is 0.220 e. The largest absolute Gasteiger partial charge is 0.356 e. The Morgan fingerprint density at radius 3 is 2.38 bits per heavy atom. The van der Waals surface area contributed by atoms with Crippen LogP contribution in [0.3, 0.4) is 0 Å². The third kappa shape index (κ3) is 7.71. The van der Waals surface area contributed by atoms with E-state index in [1.165, 1.54) is 5.56 Å². The van der Waals surface area contributed by atoms with Crippen molar-refractivity contribution in [1.82, 2.24) is 5.32 Å². The van der Waals surface area contributed by atoms with Gasteiger partial charge in [0.15, 0.2) is 11.7 Å². The molecule has 8 heteroatoms. The Bertz CT molecular complexity index is 940. The first-order valence-corrected chi connectivity index (χ1v) is 18.5. The smallest absolute Gasteiger partial charge is 0.220 e. The summed E-state index contributed by atoms with van der Waals surface area (Å²) in [6, 6.07) is 10.4. The van der Waals surface area contributed by atoms with Gasteiger partial charge in [-0.05, 0) is 50.5 Å². The van der Waals surface area contributed by atoms with Gasteiger partial charge in [-0.3, -0.25) is 4.79 Å². The van der Waals surface area contributed by atoms with Crippen molar-refractivity contribution in [3.05, 3.63) is 35.9 Å². The summed E-state index contributed by atoms with van der Waals surface area (Å²) in [6.45, 7) is 17.3. The van der Waals surface area contributed by atoms with Crippen molar-refractivity contribution in [3.63, 3.8) is 0 Å². The fourth-order valence-electron chi connectivity index (χ4n) is 6.06. The van der Waals surface area contributed by atoms with E-state index >= 15 is 0 Å². The zero-order valence-electron chi connectivity index (χ0n) is 25.2. The highest BCUT2D eigenvalue weighted by Crippen LogP contribution is 2.53. The minimum atomic E-state index is -1.82. The summed E-state index contributed by atoms with van der Waals surface area (Å²) in [7, 11) is -1.82. The quantitative estimate of drug-likeness (QED) is 0.207. The summed E-state index contributed by atoms with van der Waals surface area (Å²) in [6.07, 6.45) is 5.68. The Morgan fingerprint density at radius 1 is 1.05 bits per heavy atom. The van der Waals surface area contributed by atoms with E-state index in [0.29, 0.717) is 32.1 Å². The van der Waals surface area contributed by atoms with E-state index in [2.05, 4.69) is 70.0 Å². The van der Waals surface area contributed by atoms with Crippen LogP contribution in [-0.4, -0.2) is 51.2 Å². The van der Waals surface area contributed by atoms with Gasteiger partial charge < -0.3 is 19.5 Å². The molecular formula is C31H51NO6Si. The molecule has 0 bridgehead atoms. The summed E-state index contributed by atoms with van der Waals surface area (Å²) in [5.74, 6) is -1.51. The topological polar surface area (TPSA) is 75.3 Å². The zero-order chi connectivity index (χ0) is 28.3.